The average Bonchev–Trinajstić information content (AvgIpc) is 2.43. The van der Waals surface area contributed by atoms with Crippen LogP contribution < -0.4 is 15.2 Å². The molecule has 0 bridgehead atoms. The first-order valence-corrected chi connectivity index (χ1v) is 5.90. The number of esters is 1. The molecular formula is C14H13NO4. The van der Waals surface area contributed by atoms with E-state index in [9.17, 15) is 4.79 Å². The van der Waals surface area contributed by atoms with Gasteiger partial charge in [-0.15, -0.1) is 0 Å². The summed E-state index contributed by atoms with van der Waals surface area (Å²) in [4.78, 5) is 11.6. The second kappa shape index (κ2) is 4.35. The van der Waals surface area contributed by atoms with E-state index in [-0.39, 0.29) is 0 Å². The van der Waals surface area contributed by atoms with E-state index in [1.165, 1.54) is 7.11 Å². The summed E-state index contributed by atoms with van der Waals surface area (Å²) in [5.74, 6) is 0.928. The summed E-state index contributed by atoms with van der Waals surface area (Å²) in [6.45, 7) is 1.06. The van der Waals surface area contributed by atoms with Crippen LogP contribution in [0.15, 0.2) is 24.3 Å². The van der Waals surface area contributed by atoms with Crippen LogP contribution >= 0.6 is 0 Å². The van der Waals surface area contributed by atoms with Gasteiger partial charge < -0.3 is 19.9 Å². The second-order valence-corrected chi connectivity index (χ2v) is 4.27. The maximum absolute atomic E-state index is 11.6. The Balaban J connectivity index is 2.19. The molecular weight excluding hydrogens is 246 g/mol. The van der Waals surface area contributed by atoms with Gasteiger partial charge in [-0.3, -0.25) is 0 Å². The predicted octanol–water partition coefficient (Wildman–Crippen LogP) is 1.98. The molecule has 0 saturated heterocycles. The molecule has 5 nitrogen and oxygen atoms in total. The van der Waals surface area contributed by atoms with Crippen molar-refractivity contribution in [2.75, 3.05) is 26.1 Å². The number of anilines is 1. The summed E-state index contributed by atoms with van der Waals surface area (Å²) in [5.41, 5.74) is 6.60. The Morgan fingerprint density at radius 1 is 1.11 bits per heavy atom. The van der Waals surface area contributed by atoms with Gasteiger partial charge in [-0.2, -0.15) is 0 Å². The van der Waals surface area contributed by atoms with Crippen molar-refractivity contribution in [1.82, 2.24) is 0 Å². The van der Waals surface area contributed by atoms with Crippen molar-refractivity contribution < 1.29 is 19.0 Å². The van der Waals surface area contributed by atoms with Crippen LogP contribution in [0.25, 0.3) is 10.8 Å². The first-order chi connectivity index (χ1) is 9.19. The van der Waals surface area contributed by atoms with Gasteiger partial charge in [0.1, 0.15) is 13.2 Å². The van der Waals surface area contributed by atoms with Gasteiger partial charge in [0.05, 0.1) is 12.7 Å². The molecule has 0 aliphatic carbocycles. The number of carbonyl (C=O) groups is 1. The van der Waals surface area contributed by atoms with Crippen molar-refractivity contribution in [3.63, 3.8) is 0 Å². The van der Waals surface area contributed by atoms with Crippen molar-refractivity contribution in [3.8, 4) is 11.5 Å². The zero-order valence-electron chi connectivity index (χ0n) is 10.4. The summed E-state index contributed by atoms with van der Waals surface area (Å²) < 4.78 is 15.7. The fourth-order valence-corrected chi connectivity index (χ4v) is 2.14. The number of hydrogen-bond acceptors (Lipinski definition) is 5. The van der Waals surface area contributed by atoms with Crippen LogP contribution in [0, 0.1) is 0 Å². The summed E-state index contributed by atoms with van der Waals surface area (Å²) >= 11 is 0. The molecule has 1 aliphatic rings. The number of nitrogens with two attached hydrogens (primary N) is 1. The Labute approximate surface area is 109 Å². The van der Waals surface area contributed by atoms with E-state index in [1.54, 1.807) is 12.1 Å². The van der Waals surface area contributed by atoms with Crippen LogP contribution in [0.5, 0.6) is 11.5 Å². The molecule has 0 aromatic heterocycles. The Morgan fingerprint density at radius 2 is 1.68 bits per heavy atom. The first kappa shape index (κ1) is 11.6. The fraction of sp³-hybridized carbons (Fsp3) is 0.214. The Bertz CT molecular complexity index is 666. The van der Waals surface area contributed by atoms with E-state index >= 15 is 0 Å². The molecule has 1 heterocycles. The fourth-order valence-electron chi connectivity index (χ4n) is 2.14. The number of ether oxygens (including phenoxy) is 3. The number of nitrogen functional groups attached to an aromatic ring is 1. The summed E-state index contributed by atoms with van der Waals surface area (Å²) in [5, 5.41) is 1.76. The van der Waals surface area contributed by atoms with Crippen LogP contribution in [-0.2, 0) is 4.74 Å². The van der Waals surface area contributed by atoms with E-state index in [1.807, 2.05) is 12.1 Å². The smallest absolute Gasteiger partial charge is 0.339 e. The molecule has 1 aliphatic heterocycles. The molecule has 3 rings (SSSR count). The third-order valence-electron chi connectivity index (χ3n) is 3.07. The monoisotopic (exact) mass is 259 g/mol. The number of benzene rings is 2. The van der Waals surface area contributed by atoms with Crippen LogP contribution in [0.3, 0.4) is 0 Å². The predicted molar refractivity (Wildman–Crippen MR) is 70.7 cm³/mol. The lowest BCUT2D eigenvalue weighted by molar-refractivity contribution is 0.0602. The molecule has 0 saturated carbocycles. The van der Waals surface area contributed by atoms with Crippen molar-refractivity contribution >= 4 is 22.4 Å². The first-order valence-electron chi connectivity index (χ1n) is 5.90. The molecule has 2 N–H and O–H groups in total. The third kappa shape index (κ3) is 1.93. The number of carbonyl (C=O) groups excluding carboxylic acids is 1. The lowest BCUT2D eigenvalue weighted by Crippen LogP contribution is -2.15. The Morgan fingerprint density at radius 3 is 2.26 bits per heavy atom. The quantitative estimate of drug-likeness (QED) is 0.626. The molecule has 0 atom stereocenters. The molecule has 0 fully saturated rings. The molecule has 0 amide bonds. The molecule has 0 spiro atoms. The minimum Gasteiger partial charge on any atom is -0.486 e. The minimum atomic E-state index is -0.450. The van der Waals surface area contributed by atoms with E-state index in [0.717, 1.165) is 10.8 Å². The number of fused-ring (bicyclic) bond motifs is 2. The standard InChI is InChI=1S/C14H13NO4/c1-17-14(16)10-4-8-6-12-13(19-3-2-18-12)7-9(8)5-11(10)15/h4-7H,2-3,15H2,1H3. The highest BCUT2D eigenvalue weighted by Gasteiger charge is 2.16. The highest BCUT2D eigenvalue weighted by Crippen LogP contribution is 2.36. The van der Waals surface area contributed by atoms with E-state index < -0.39 is 5.97 Å². The van der Waals surface area contributed by atoms with E-state index in [4.69, 9.17) is 19.9 Å². The molecule has 19 heavy (non-hydrogen) atoms. The molecule has 98 valence electrons. The van der Waals surface area contributed by atoms with Gasteiger partial charge in [0.15, 0.2) is 11.5 Å². The normalized spacial score (nSPS) is 13.3. The van der Waals surface area contributed by atoms with Crippen molar-refractivity contribution in [2.45, 2.75) is 0 Å². The number of rotatable bonds is 1. The summed E-state index contributed by atoms with van der Waals surface area (Å²) in [6, 6.07) is 7.14. The number of hydrogen-bond donors (Lipinski definition) is 1. The van der Waals surface area contributed by atoms with Crippen LogP contribution in [0.4, 0.5) is 5.69 Å². The second-order valence-electron chi connectivity index (χ2n) is 4.27. The van der Waals surface area contributed by atoms with E-state index in [2.05, 4.69) is 0 Å². The summed E-state index contributed by atoms with van der Waals surface area (Å²) in [6.07, 6.45) is 0. The van der Waals surface area contributed by atoms with Gasteiger partial charge in [-0.25, -0.2) is 4.79 Å². The zero-order valence-corrected chi connectivity index (χ0v) is 10.4. The number of methoxy groups -OCH3 is 1. The molecule has 0 radical (unpaired) electrons. The Kier molecular flexibility index (Phi) is 2.67. The molecule has 0 unspecified atom stereocenters. The average molecular weight is 259 g/mol. The molecule has 5 heteroatoms. The van der Waals surface area contributed by atoms with Gasteiger partial charge in [0.2, 0.25) is 0 Å². The zero-order chi connectivity index (χ0) is 13.4. The van der Waals surface area contributed by atoms with Gasteiger partial charge in [-0.05, 0) is 35.0 Å². The van der Waals surface area contributed by atoms with E-state index in [0.29, 0.717) is 36.0 Å². The van der Waals surface area contributed by atoms with Crippen molar-refractivity contribution in [1.29, 1.82) is 0 Å². The Hall–Kier alpha value is -2.43. The van der Waals surface area contributed by atoms with Gasteiger partial charge in [0.25, 0.3) is 0 Å². The molecule has 2 aromatic carbocycles. The highest BCUT2D eigenvalue weighted by molar-refractivity contribution is 6.01. The van der Waals surface area contributed by atoms with Gasteiger partial charge in [-0.1, -0.05) is 0 Å². The topological polar surface area (TPSA) is 70.8 Å². The maximum Gasteiger partial charge on any atom is 0.339 e. The lowest BCUT2D eigenvalue weighted by atomic mass is 10.0. The highest BCUT2D eigenvalue weighted by atomic mass is 16.6. The van der Waals surface area contributed by atoms with Crippen LogP contribution in [-0.4, -0.2) is 26.3 Å². The largest absolute Gasteiger partial charge is 0.486 e. The summed E-state index contributed by atoms with van der Waals surface area (Å²) in [7, 11) is 1.33. The maximum atomic E-state index is 11.6. The van der Waals surface area contributed by atoms with Gasteiger partial charge >= 0.3 is 5.97 Å². The lowest BCUT2D eigenvalue weighted by Gasteiger charge is -2.19. The minimum absolute atomic E-state index is 0.353. The van der Waals surface area contributed by atoms with Gasteiger partial charge in [0, 0.05) is 5.69 Å². The van der Waals surface area contributed by atoms with Crippen LogP contribution in [0.2, 0.25) is 0 Å². The van der Waals surface area contributed by atoms with Crippen LogP contribution in [0.1, 0.15) is 10.4 Å². The van der Waals surface area contributed by atoms with Crippen molar-refractivity contribution in [2.24, 2.45) is 0 Å². The molecule has 2 aromatic rings. The van der Waals surface area contributed by atoms with Crippen molar-refractivity contribution in [3.05, 3.63) is 29.8 Å². The third-order valence-corrected chi connectivity index (χ3v) is 3.07. The SMILES string of the molecule is COC(=O)c1cc2cc3c(cc2cc1N)OCCO3.